The molecule has 10 heteroatoms. The Hall–Kier alpha value is -2.69. The molecule has 0 saturated carbocycles. The molecule has 1 fully saturated rings. The van der Waals surface area contributed by atoms with E-state index < -0.39 is 10.0 Å². The Kier molecular flexibility index (Phi) is 4.69. The van der Waals surface area contributed by atoms with Gasteiger partial charge in [0.25, 0.3) is 15.9 Å². The second-order valence-electron chi connectivity index (χ2n) is 5.81. The van der Waals surface area contributed by atoms with Crippen molar-refractivity contribution in [3.63, 3.8) is 0 Å². The van der Waals surface area contributed by atoms with Crippen LogP contribution in [0.25, 0.3) is 6.08 Å². The molecule has 1 N–H and O–H groups in total. The number of benzene rings is 2. The van der Waals surface area contributed by atoms with E-state index in [1.807, 2.05) is 12.1 Å². The zero-order valence-electron chi connectivity index (χ0n) is 14.4. The van der Waals surface area contributed by atoms with Crippen LogP contribution in [-0.4, -0.2) is 36.6 Å². The lowest BCUT2D eigenvalue weighted by Gasteiger charge is -2.16. The van der Waals surface area contributed by atoms with E-state index in [1.54, 1.807) is 43.5 Å². The molecule has 28 heavy (non-hydrogen) atoms. The van der Waals surface area contributed by atoms with Crippen LogP contribution in [0.3, 0.4) is 0 Å². The van der Waals surface area contributed by atoms with E-state index in [-0.39, 0.29) is 21.0 Å². The number of sulfonamides is 1. The van der Waals surface area contributed by atoms with Crippen LogP contribution in [0.2, 0.25) is 0 Å². The minimum atomic E-state index is -3.79. The number of thiocarbonyl (C=S) groups is 1. The van der Waals surface area contributed by atoms with Crippen molar-refractivity contribution >= 4 is 56.1 Å². The first-order valence-corrected chi connectivity index (χ1v) is 10.7. The van der Waals surface area contributed by atoms with Gasteiger partial charge in [0.05, 0.1) is 12.0 Å². The standard InChI is InChI=1S/C18H13N3O4S3/c1-25-12-8-6-11(7-9-12)10-14-17(22)21(18(26)27-14)19-16-13-4-2-3-5-15(13)28(23,24)20-16/h2-10H,1H3,(H,19,20)/b14-10-. The highest BCUT2D eigenvalue weighted by atomic mass is 32.2. The second kappa shape index (κ2) is 7.04. The number of hydrazine groups is 1. The number of carbonyl (C=O) groups is 1. The van der Waals surface area contributed by atoms with Crippen LogP contribution in [-0.2, 0) is 14.8 Å². The van der Waals surface area contributed by atoms with Gasteiger partial charge in [-0.3, -0.25) is 10.2 Å². The van der Waals surface area contributed by atoms with E-state index in [0.717, 1.165) is 22.3 Å². The summed E-state index contributed by atoms with van der Waals surface area (Å²) >= 11 is 6.40. The molecular weight excluding hydrogens is 418 g/mol. The predicted molar refractivity (Wildman–Crippen MR) is 111 cm³/mol. The Labute approximate surface area is 171 Å². The van der Waals surface area contributed by atoms with Gasteiger partial charge < -0.3 is 4.74 Å². The summed E-state index contributed by atoms with van der Waals surface area (Å²) < 4.78 is 33.4. The number of nitrogens with zero attached hydrogens (tertiary/aromatic N) is 2. The van der Waals surface area contributed by atoms with Crippen molar-refractivity contribution in [2.24, 2.45) is 4.40 Å². The highest BCUT2D eigenvalue weighted by Crippen LogP contribution is 2.33. The maximum atomic E-state index is 12.8. The van der Waals surface area contributed by atoms with E-state index in [9.17, 15) is 13.2 Å². The molecule has 0 spiro atoms. The van der Waals surface area contributed by atoms with Crippen molar-refractivity contribution in [3.8, 4) is 5.75 Å². The molecule has 4 rings (SSSR count). The largest absolute Gasteiger partial charge is 0.497 e. The number of nitrogens with one attached hydrogen (secondary N) is 1. The normalized spacial score (nSPS) is 19.0. The summed E-state index contributed by atoms with van der Waals surface area (Å²) in [6.45, 7) is 0. The zero-order chi connectivity index (χ0) is 19.9. The van der Waals surface area contributed by atoms with Gasteiger partial charge in [0.15, 0.2) is 10.2 Å². The molecule has 0 unspecified atom stereocenters. The lowest BCUT2D eigenvalue weighted by atomic mass is 10.2. The van der Waals surface area contributed by atoms with Gasteiger partial charge in [-0.2, -0.15) is 13.4 Å². The number of ether oxygens (including phenoxy) is 1. The monoisotopic (exact) mass is 431 g/mol. The lowest BCUT2D eigenvalue weighted by molar-refractivity contribution is -0.123. The molecule has 2 aromatic rings. The lowest BCUT2D eigenvalue weighted by Crippen LogP contribution is -2.44. The average Bonchev–Trinajstić information content (AvgIpc) is 3.10. The van der Waals surface area contributed by atoms with Crippen molar-refractivity contribution < 1.29 is 17.9 Å². The minimum Gasteiger partial charge on any atom is -0.497 e. The van der Waals surface area contributed by atoms with Crippen LogP contribution in [0.15, 0.2) is 62.7 Å². The highest BCUT2D eigenvalue weighted by Gasteiger charge is 2.36. The van der Waals surface area contributed by atoms with Gasteiger partial charge in [-0.05, 0) is 48.1 Å². The Morgan fingerprint density at radius 3 is 2.61 bits per heavy atom. The Morgan fingerprint density at radius 2 is 1.89 bits per heavy atom. The average molecular weight is 432 g/mol. The van der Waals surface area contributed by atoms with Crippen molar-refractivity contribution in [2.45, 2.75) is 4.90 Å². The second-order valence-corrected chi connectivity index (χ2v) is 9.06. The van der Waals surface area contributed by atoms with Crippen LogP contribution in [0, 0.1) is 0 Å². The third kappa shape index (κ3) is 3.30. The van der Waals surface area contributed by atoms with Gasteiger partial charge in [-0.25, -0.2) is 0 Å². The van der Waals surface area contributed by atoms with Crippen LogP contribution in [0.1, 0.15) is 11.1 Å². The summed E-state index contributed by atoms with van der Waals surface area (Å²) in [5.74, 6) is 0.401. The number of methoxy groups -OCH3 is 1. The summed E-state index contributed by atoms with van der Waals surface area (Å²) in [4.78, 5) is 13.3. The fraction of sp³-hybridized carbons (Fsp3) is 0.0556. The molecule has 2 aromatic carbocycles. The van der Waals surface area contributed by atoms with E-state index in [1.165, 1.54) is 6.07 Å². The fourth-order valence-electron chi connectivity index (χ4n) is 2.71. The van der Waals surface area contributed by atoms with Gasteiger partial charge in [0.2, 0.25) is 0 Å². The first kappa shape index (κ1) is 18.7. The Morgan fingerprint density at radius 1 is 1.18 bits per heavy atom. The molecule has 0 aromatic heterocycles. The van der Waals surface area contributed by atoms with Crippen molar-refractivity contribution in [1.29, 1.82) is 0 Å². The quantitative estimate of drug-likeness (QED) is 0.590. The van der Waals surface area contributed by atoms with E-state index in [2.05, 4.69) is 9.82 Å². The maximum absolute atomic E-state index is 12.8. The van der Waals surface area contributed by atoms with Gasteiger partial charge in [0.1, 0.15) is 10.6 Å². The molecule has 1 amide bonds. The van der Waals surface area contributed by atoms with Gasteiger partial charge in [-0.1, -0.05) is 36.0 Å². The number of amides is 1. The van der Waals surface area contributed by atoms with E-state index >= 15 is 0 Å². The zero-order valence-corrected chi connectivity index (χ0v) is 16.9. The maximum Gasteiger partial charge on any atom is 0.285 e. The molecule has 2 aliphatic heterocycles. The number of hydrogen-bond acceptors (Lipinski definition) is 7. The summed E-state index contributed by atoms with van der Waals surface area (Å²) in [7, 11) is -2.21. The van der Waals surface area contributed by atoms with Crippen molar-refractivity contribution in [1.82, 2.24) is 10.4 Å². The first-order valence-electron chi connectivity index (χ1n) is 8.02. The summed E-state index contributed by atoms with van der Waals surface area (Å²) in [5.41, 5.74) is 3.97. The molecule has 142 valence electrons. The van der Waals surface area contributed by atoms with Gasteiger partial charge >= 0.3 is 0 Å². The summed E-state index contributed by atoms with van der Waals surface area (Å²) in [6, 6.07) is 13.6. The predicted octanol–water partition coefficient (Wildman–Crippen LogP) is 2.55. The molecular formula is C18H13N3O4S3. The molecule has 2 heterocycles. The number of hydrogen-bond donors (Lipinski definition) is 1. The summed E-state index contributed by atoms with van der Waals surface area (Å²) in [6.07, 6.45) is 1.71. The van der Waals surface area contributed by atoms with Crippen molar-refractivity contribution in [3.05, 3.63) is 64.6 Å². The molecule has 7 nitrogen and oxygen atoms in total. The first-order chi connectivity index (χ1) is 13.4. The van der Waals surface area contributed by atoms with Crippen molar-refractivity contribution in [2.75, 3.05) is 7.11 Å². The number of amidine groups is 1. The van der Waals surface area contributed by atoms with Gasteiger partial charge in [0, 0.05) is 5.56 Å². The molecule has 0 aliphatic carbocycles. The summed E-state index contributed by atoms with van der Waals surface area (Å²) in [5, 5.41) is 1.13. The third-order valence-electron chi connectivity index (χ3n) is 4.06. The number of thioether (sulfide) groups is 1. The smallest absolute Gasteiger partial charge is 0.285 e. The minimum absolute atomic E-state index is 0.0672. The topological polar surface area (TPSA) is 88.1 Å². The van der Waals surface area contributed by atoms with E-state index in [4.69, 9.17) is 17.0 Å². The fourth-order valence-corrected chi connectivity index (χ4v) is 5.06. The molecule has 1 saturated heterocycles. The molecule has 0 bridgehead atoms. The number of rotatable bonds is 3. The molecule has 2 aliphatic rings. The van der Waals surface area contributed by atoms with Crippen LogP contribution in [0.5, 0.6) is 5.75 Å². The van der Waals surface area contributed by atoms with Gasteiger partial charge in [-0.15, -0.1) is 4.40 Å². The van der Waals surface area contributed by atoms with Crippen LogP contribution >= 0.6 is 24.0 Å². The number of carbonyl (C=O) groups excluding carboxylic acids is 1. The number of fused-ring (bicyclic) bond motifs is 1. The third-order valence-corrected chi connectivity index (χ3v) is 6.69. The Balaban J connectivity index is 1.59. The molecule has 0 atom stereocenters. The van der Waals surface area contributed by atoms with E-state index in [0.29, 0.717) is 16.2 Å². The Bertz CT molecular complexity index is 1150. The van der Waals surface area contributed by atoms with Crippen LogP contribution < -0.4 is 10.2 Å². The molecule has 0 radical (unpaired) electrons. The SMILES string of the molecule is COc1ccc(/C=C2\SC(=S)N(NC3=NS(=O)(=O)c4ccccc43)C2=O)cc1. The van der Waals surface area contributed by atoms with Crippen LogP contribution in [0.4, 0.5) is 0 Å². The highest BCUT2D eigenvalue weighted by molar-refractivity contribution is 8.26.